The van der Waals surface area contributed by atoms with Crippen LogP contribution in [0.15, 0.2) is 47.4 Å². The standard InChI is InChI=1S/C16H15ClN4O2S3/c1-2-18-15(24)19-11-4-6-12(7-5-11)26(22,23)21-16-20-13-8-3-10(17)9-14(13)25-16/h3-9H,2H2,1H3,(H,20,21)(H2,18,19,24). The molecule has 0 saturated heterocycles. The number of benzene rings is 2. The number of halogens is 1. The molecule has 0 aliphatic carbocycles. The van der Waals surface area contributed by atoms with Gasteiger partial charge in [-0.25, -0.2) is 13.4 Å². The van der Waals surface area contributed by atoms with Crippen molar-refractivity contribution in [3.63, 3.8) is 0 Å². The molecule has 0 atom stereocenters. The third-order valence-electron chi connectivity index (χ3n) is 3.33. The average molecular weight is 427 g/mol. The van der Waals surface area contributed by atoms with Gasteiger partial charge in [0.1, 0.15) is 0 Å². The number of fused-ring (bicyclic) bond motifs is 1. The predicted molar refractivity (Wildman–Crippen MR) is 112 cm³/mol. The maximum absolute atomic E-state index is 12.6. The van der Waals surface area contributed by atoms with Crippen LogP contribution in [0.25, 0.3) is 10.2 Å². The van der Waals surface area contributed by atoms with E-state index in [9.17, 15) is 8.42 Å². The fraction of sp³-hybridized carbons (Fsp3) is 0.125. The van der Waals surface area contributed by atoms with E-state index >= 15 is 0 Å². The van der Waals surface area contributed by atoms with Crippen LogP contribution in [0.2, 0.25) is 5.02 Å². The summed E-state index contributed by atoms with van der Waals surface area (Å²) < 4.78 is 28.4. The first-order valence-electron chi connectivity index (χ1n) is 7.61. The van der Waals surface area contributed by atoms with Crippen LogP contribution in [0, 0.1) is 0 Å². The van der Waals surface area contributed by atoms with E-state index in [0.717, 1.165) is 4.70 Å². The molecule has 2 aromatic carbocycles. The van der Waals surface area contributed by atoms with Gasteiger partial charge in [0.15, 0.2) is 10.2 Å². The van der Waals surface area contributed by atoms with Gasteiger partial charge in [-0.3, -0.25) is 4.72 Å². The maximum atomic E-state index is 12.6. The van der Waals surface area contributed by atoms with Gasteiger partial charge >= 0.3 is 0 Å². The molecule has 0 radical (unpaired) electrons. The smallest absolute Gasteiger partial charge is 0.263 e. The first kappa shape index (κ1) is 18.8. The average Bonchev–Trinajstić information content (AvgIpc) is 2.96. The summed E-state index contributed by atoms with van der Waals surface area (Å²) in [5.74, 6) is 0. The maximum Gasteiger partial charge on any atom is 0.263 e. The van der Waals surface area contributed by atoms with Gasteiger partial charge in [-0.05, 0) is 61.6 Å². The van der Waals surface area contributed by atoms with Crippen molar-refractivity contribution in [2.45, 2.75) is 11.8 Å². The van der Waals surface area contributed by atoms with Crippen molar-refractivity contribution in [3.05, 3.63) is 47.5 Å². The molecule has 0 spiro atoms. The molecule has 136 valence electrons. The van der Waals surface area contributed by atoms with E-state index in [-0.39, 0.29) is 10.0 Å². The largest absolute Gasteiger partial charge is 0.363 e. The van der Waals surface area contributed by atoms with Crippen LogP contribution in [-0.4, -0.2) is 25.1 Å². The summed E-state index contributed by atoms with van der Waals surface area (Å²) in [6, 6.07) is 11.5. The van der Waals surface area contributed by atoms with Crippen molar-refractivity contribution in [1.29, 1.82) is 0 Å². The van der Waals surface area contributed by atoms with Crippen LogP contribution in [0.1, 0.15) is 6.92 Å². The fourth-order valence-corrected chi connectivity index (χ4v) is 4.81. The number of rotatable bonds is 5. The number of thiazole rings is 1. The van der Waals surface area contributed by atoms with Crippen molar-refractivity contribution in [3.8, 4) is 0 Å². The van der Waals surface area contributed by atoms with Crippen molar-refractivity contribution >= 4 is 71.3 Å². The molecule has 6 nitrogen and oxygen atoms in total. The zero-order valence-corrected chi connectivity index (χ0v) is 16.8. The molecule has 3 rings (SSSR count). The lowest BCUT2D eigenvalue weighted by atomic mass is 10.3. The van der Waals surface area contributed by atoms with Crippen molar-refractivity contribution in [2.75, 3.05) is 16.6 Å². The SMILES string of the molecule is CCNC(=S)Nc1ccc(S(=O)(=O)Nc2nc3ccc(Cl)cc3s2)cc1. The van der Waals surface area contributed by atoms with Gasteiger partial charge in [0.2, 0.25) is 0 Å². The van der Waals surface area contributed by atoms with Crippen molar-refractivity contribution in [1.82, 2.24) is 10.3 Å². The lowest BCUT2D eigenvalue weighted by Crippen LogP contribution is -2.27. The van der Waals surface area contributed by atoms with Gasteiger partial charge in [-0.15, -0.1) is 0 Å². The van der Waals surface area contributed by atoms with E-state index < -0.39 is 10.0 Å². The van der Waals surface area contributed by atoms with Gasteiger partial charge in [0, 0.05) is 17.3 Å². The molecule has 0 bridgehead atoms. The van der Waals surface area contributed by atoms with Crippen LogP contribution in [0.3, 0.4) is 0 Å². The second-order valence-corrected chi connectivity index (χ2v) is 8.80. The second-order valence-electron chi connectivity index (χ2n) is 5.25. The molecule has 3 aromatic rings. The molecule has 10 heteroatoms. The second kappa shape index (κ2) is 7.75. The molecule has 1 heterocycles. The summed E-state index contributed by atoms with van der Waals surface area (Å²) in [5, 5.41) is 7.29. The molecular formula is C16H15ClN4O2S3. The van der Waals surface area contributed by atoms with Crippen LogP contribution < -0.4 is 15.4 Å². The van der Waals surface area contributed by atoms with Crippen LogP contribution >= 0.6 is 35.2 Å². The molecule has 0 aliphatic rings. The highest BCUT2D eigenvalue weighted by Crippen LogP contribution is 2.29. The predicted octanol–water partition coefficient (Wildman–Crippen LogP) is 4.06. The van der Waals surface area contributed by atoms with E-state index in [0.29, 0.717) is 27.9 Å². The molecule has 26 heavy (non-hydrogen) atoms. The summed E-state index contributed by atoms with van der Waals surface area (Å²) in [5.41, 5.74) is 1.39. The molecule has 0 unspecified atom stereocenters. The summed E-state index contributed by atoms with van der Waals surface area (Å²) in [4.78, 5) is 4.41. The molecule has 3 N–H and O–H groups in total. The first-order valence-corrected chi connectivity index (χ1v) is 10.7. The highest BCUT2D eigenvalue weighted by Gasteiger charge is 2.16. The first-order chi connectivity index (χ1) is 12.4. The number of hydrogen-bond acceptors (Lipinski definition) is 5. The Morgan fingerprint density at radius 3 is 2.65 bits per heavy atom. The van der Waals surface area contributed by atoms with Crippen molar-refractivity contribution in [2.24, 2.45) is 0 Å². The van der Waals surface area contributed by atoms with E-state index in [1.807, 2.05) is 6.92 Å². The number of thiocarbonyl (C=S) groups is 1. The topological polar surface area (TPSA) is 83.1 Å². The van der Waals surface area contributed by atoms with Crippen LogP contribution in [0.4, 0.5) is 10.8 Å². The van der Waals surface area contributed by atoms with Gasteiger partial charge in [0.25, 0.3) is 10.0 Å². The Balaban J connectivity index is 1.77. The zero-order chi connectivity index (χ0) is 18.7. The Kier molecular flexibility index (Phi) is 5.61. The number of sulfonamides is 1. The van der Waals surface area contributed by atoms with Crippen LogP contribution in [0.5, 0.6) is 0 Å². The Morgan fingerprint density at radius 1 is 1.23 bits per heavy atom. The van der Waals surface area contributed by atoms with Gasteiger partial charge in [0.05, 0.1) is 15.1 Å². The Labute approximate surface area is 165 Å². The van der Waals surface area contributed by atoms with Crippen molar-refractivity contribution < 1.29 is 8.42 Å². The van der Waals surface area contributed by atoms with Gasteiger partial charge in [-0.1, -0.05) is 22.9 Å². The van der Waals surface area contributed by atoms with E-state index in [1.165, 1.54) is 23.5 Å². The van der Waals surface area contributed by atoms with Crippen LogP contribution in [-0.2, 0) is 10.0 Å². The Hall–Kier alpha value is -1.94. The highest BCUT2D eigenvalue weighted by molar-refractivity contribution is 7.93. The number of anilines is 2. The summed E-state index contributed by atoms with van der Waals surface area (Å²) in [6.07, 6.45) is 0. The number of nitrogens with one attached hydrogen (secondary N) is 3. The van der Waals surface area contributed by atoms with Gasteiger partial charge in [-0.2, -0.15) is 0 Å². The molecule has 0 aliphatic heterocycles. The number of aromatic nitrogens is 1. The molecule has 1 aromatic heterocycles. The third-order valence-corrected chi connectivity index (χ3v) is 6.23. The quantitative estimate of drug-likeness (QED) is 0.534. The van der Waals surface area contributed by atoms with E-state index in [4.69, 9.17) is 23.8 Å². The van der Waals surface area contributed by atoms with Gasteiger partial charge < -0.3 is 10.6 Å². The normalized spacial score (nSPS) is 11.3. The zero-order valence-electron chi connectivity index (χ0n) is 13.6. The fourth-order valence-electron chi connectivity index (χ4n) is 2.17. The summed E-state index contributed by atoms with van der Waals surface area (Å²) in [7, 11) is -3.74. The number of nitrogens with zero attached hydrogens (tertiary/aromatic N) is 1. The molecule has 0 amide bonds. The lowest BCUT2D eigenvalue weighted by Gasteiger charge is -2.10. The molecule has 0 saturated carbocycles. The minimum Gasteiger partial charge on any atom is -0.363 e. The highest BCUT2D eigenvalue weighted by atomic mass is 35.5. The minimum absolute atomic E-state index is 0.134. The number of hydrogen-bond donors (Lipinski definition) is 3. The van der Waals surface area contributed by atoms with E-state index in [2.05, 4.69) is 20.3 Å². The third kappa shape index (κ3) is 4.42. The lowest BCUT2D eigenvalue weighted by molar-refractivity contribution is 0.601. The summed E-state index contributed by atoms with van der Waals surface area (Å²) in [6.45, 7) is 2.64. The molecule has 0 fully saturated rings. The monoisotopic (exact) mass is 426 g/mol. The Bertz CT molecular complexity index is 1050. The summed E-state index contributed by atoms with van der Waals surface area (Å²) >= 11 is 12.3. The van der Waals surface area contributed by atoms with E-state index in [1.54, 1.807) is 30.3 Å². The molecular weight excluding hydrogens is 412 g/mol. The Morgan fingerprint density at radius 2 is 1.96 bits per heavy atom. The minimum atomic E-state index is -3.74.